The van der Waals surface area contributed by atoms with Crippen LogP contribution in [0.4, 0.5) is 11.4 Å². The highest BCUT2D eigenvalue weighted by atomic mass is 16.3. The van der Waals surface area contributed by atoms with Crippen LogP contribution < -0.4 is 10.2 Å². The minimum atomic E-state index is -0.0961. The predicted octanol–water partition coefficient (Wildman–Crippen LogP) is 3.27. The Balaban J connectivity index is 1.44. The number of hydrogen-bond donors (Lipinski definition) is 2. The van der Waals surface area contributed by atoms with Gasteiger partial charge in [0.2, 0.25) is 5.91 Å². The maximum atomic E-state index is 13.0. The van der Waals surface area contributed by atoms with Crippen LogP contribution in [0.1, 0.15) is 38.5 Å². The van der Waals surface area contributed by atoms with Crippen molar-refractivity contribution in [1.82, 2.24) is 0 Å². The molecule has 24 heavy (non-hydrogen) atoms. The highest BCUT2D eigenvalue weighted by molar-refractivity contribution is 5.95. The van der Waals surface area contributed by atoms with Gasteiger partial charge in [-0.05, 0) is 80.5 Å². The van der Waals surface area contributed by atoms with Crippen molar-refractivity contribution < 1.29 is 9.90 Å². The number of carbonyl (C=O) groups is 1. The molecule has 1 amide bonds. The standard InChI is InChI=1S/C20H28N2O2/c1-22(6-7-23)18-4-2-17(3-5-18)21-19(24)20-11-14-8-15(12-20)10-16(9-14)13-20/h2-5,14-16,23H,6-13H2,1H3,(H,21,24). The van der Waals surface area contributed by atoms with Gasteiger partial charge in [-0.3, -0.25) is 4.79 Å². The van der Waals surface area contributed by atoms with Gasteiger partial charge in [-0.25, -0.2) is 0 Å². The van der Waals surface area contributed by atoms with Crippen LogP contribution in [-0.2, 0) is 4.79 Å². The monoisotopic (exact) mass is 328 g/mol. The second-order valence-electron chi connectivity index (χ2n) is 8.34. The van der Waals surface area contributed by atoms with Crippen LogP contribution in [0, 0.1) is 23.2 Å². The number of rotatable bonds is 5. The lowest BCUT2D eigenvalue weighted by Gasteiger charge is -2.55. The molecule has 130 valence electrons. The number of aliphatic hydroxyl groups is 1. The minimum absolute atomic E-state index is 0.0961. The van der Waals surface area contributed by atoms with Gasteiger partial charge in [0.25, 0.3) is 0 Å². The summed E-state index contributed by atoms with van der Waals surface area (Å²) in [6, 6.07) is 7.96. The fourth-order valence-electron chi connectivity index (χ4n) is 5.73. The van der Waals surface area contributed by atoms with Gasteiger partial charge < -0.3 is 15.3 Å². The molecule has 0 aliphatic heterocycles. The second kappa shape index (κ2) is 6.07. The van der Waals surface area contributed by atoms with Crippen molar-refractivity contribution in [3.63, 3.8) is 0 Å². The number of amides is 1. The third-order valence-electron chi connectivity index (χ3n) is 6.52. The van der Waals surface area contributed by atoms with Crippen LogP contribution in [0.25, 0.3) is 0 Å². The normalized spacial score (nSPS) is 33.5. The van der Waals surface area contributed by atoms with Crippen molar-refractivity contribution in [3.8, 4) is 0 Å². The number of likely N-dealkylation sites (N-methyl/N-ethyl adjacent to an activating group) is 1. The average molecular weight is 328 g/mol. The van der Waals surface area contributed by atoms with Gasteiger partial charge in [-0.15, -0.1) is 0 Å². The van der Waals surface area contributed by atoms with E-state index in [0.717, 1.165) is 48.4 Å². The number of nitrogens with zero attached hydrogens (tertiary/aromatic N) is 1. The minimum Gasteiger partial charge on any atom is -0.395 e. The Bertz CT molecular complexity index is 575. The SMILES string of the molecule is CN(CCO)c1ccc(NC(=O)C23CC4CC(CC(C4)C2)C3)cc1. The van der Waals surface area contributed by atoms with Gasteiger partial charge in [-0.1, -0.05) is 0 Å². The van der Waals surface area contributed by atoms with Gasteiger partial charge in [0, 0.05) is 25.0 Å². The van der Waals surface area contributed by atoms with Crippen LogP contribution in [0.15, 0.2) is 24.3 Å². The molecule has 5 rings (SSSR count). The van der Waals surface area contributed by atoms with Crippen LogP contribution in [-0.4, -0.2) is 31.2 Å². The molecule has 0 aromatic heterocycles. The maximum Gasteiger partial charge on any atom is 0.230 e. The summed E-state index contributed by atoms with van der Waals surface area (Å²) in [5.41, 5.74) is 1.84. The van der Waals surface area contributed by atoms with E-state index in [1.165, 1.54) is 19.3 Å². The molecule has 0 unspecified atom stereocenters. The van der Waals surface area contributed by atoms with Crippen LogP contribution >= 0.6 is 0 Å². The molecule has 4 bridgehead atoms. The molecular formula is C20H28N2O2. The molecule has 2 N–H and O–H groups in total. The molecule has 0 heterocycles. The van der Waals surface area contributed by atoms with E-state index in [4.69, 9.17) is 5.11 Å². The highest BCUT2D eigenvalue weighted by Crippen LogP contribution is 2.60. The summed E-state index contributed by atoms with van der Waals surface area (Å²) in [4.78, 5) is 15.0. The summed E-state index contributed by atoms with van der Waals surface area (Å²) >= 11 is 0. The number of hydrogen-bond acceptors (Lipinski definition) is 3. The summed E-state index contributed by atoms with van der Waals surface area (Å²) < 4.78 is 0. The van der Waals surface area contributed by atoms with Crippen LogP contribution in [0.5, 0.6) is 0 Å². The Morgan fingerprint density at radius 2 is 1.67 bits per heavy atom. The van der Waals surface area contributed by atoms with Gasteiger partial charge >= 0.3 is 0 Å². The molecule has 0 spiro atoms. The molecule has 0 radical (unpaired) electrons. The summed E-state index contributed by atoms with van der Waals surface area (Å²) in [6.45, 7) is 0.750. The smallest absolute Gasteiger partial charge is 0.230 e. The Hall–Kier alpha value is -1.55. The molecule has 1 aromatic carbocycles. The van der Waals surface area contributed by atoms with Crippen molar-refractivity contribution in [2.45, 2.75) is 38.5 Å². The first-order chi connectivity index (χ1) is 11.6. The molecular weight excluding hydrogens is 300 g/mol. The van der Waals surface area contributed by atoms with Gasteiger partial charge in [-0.2, -0.15) is 0 Å². The first-order valence-corrected chi connectivity index (χ1v) is 9.31. The lowest BCUT2D eigenvalue weighted by Crippen LogP contribution is -2.51. The molecule has 1 aromatic rings. The molecule has 4 aliphatic carbocycles. The summed E-state index contributed by atoms with van der Waals surface area (Å²) in [5.74, 6) is 2.61. The quantitative estimate of drug-likeness (QED) is 0.872. The highest BCUT2D eigenvalue weighted by Gasteiger charge is 2.54. The Morgan fingerprint density at radius 3 is 2.17 bits per heavy atom. The first-order valence-electron chi connectivity index (χ1n) is 9.31. The lowest BCUT2D eigenvalue weighted by molar-refractivity contribution is -0.140. The summed E-state index contributed by atoms with van der Waals surface area (Å²) in [6.07, 6.45) is 7.38. The molecule has 4 heteroatoms. The molecule has 0 atom stereocenters. The summed E-state index contributed by atoms with van der Waals surface area (Å²) in [7, 11) is 1.96. The van der Waals surface area contributed by atoms with Crippen LogP contribution in [0.3, 0.4) is 0 Å². The van der Waals surface area contributed by atoms with Crippen LogP contribution in [0.2, 0.25) is 0 Å². The second-order valence-corrected chi connectivity index (χ2v) is 8.34. The average Bonchev–Trinajstić information content (AvgIpc) is 2.54. The number of benzene rings is 1. The van der Waals surface area contributed by atoms with Gasteiger partial charge in [0.15, 0.2) is 0 Å². The Kier molecular flexibility index (Phi) is 4.03. The Labute approximate surface area is 144 Å². The molecule has 4 fully saturated rings. The molecule has 4 aliphatic rings. The van der Waals surface area contributed by atoms with Crippen molar-refractivity contribution in [2.24, 2.45) is 23.2 Å². The largest absolute Gasteiger partial charge is 0.395 e. The number of anilines is 2. The third kappa shape index (κ3) is 2.81. The number of nitrogens with one attached hydrogen (secondary N) is 1. The fourth-order valence-corrected chi connectivity index (χ4v) is 5.73. The van der Waals surface area contributed by atoms with Crippen molar-refractivity contribution in [1.29, 1.82) is 0 Å². The van der Waals surface area contributed by atoms with Gasteiger partial charge in [0.05, 0.1) is 12.0 Å². The number of aliphatic hydroxyl groups excluding tert-OH is 1. The van der Waals surface area contributed by atoms with E-state index in [1.807, 2.05) is 36.2 Å². The number of carbonyl (C=O) groups excluding carboxylic acids is 1. The lowest BCUT2D eigenvalue weighted by atomic mass is 9.49. The van der Waals surface area contributed by atoms with E-state index in [-0.39, 0.29) is 17.9 Å². The summed E-state index contributed by atoms with van der Waals surface area (Å²) in [5, 5.41) is 12.2. The Morgan fingerprint density at radius 1 is 1.12 bits per heavy atom. The maximum absolute atomic E-state index is 13.0. The van der Waals surface area contributed by atoms with Crippen molar-refractivity contribution in [3.05, 3.63) is 24.3 Å². The predicted molar refractivity (Wildman–Crippen MR) is 96.0 cm³/mol. The zero-order chi connectivity index (χ0) is 16.7. The van der Waals surface area contributed by atoms with Gasteiger partial charge in [0.1, 0.15) is 0 Å². The first kappa shape index (κ1) is 15.9. The van der Waals surface area contributed by atoms with E-state index < -0.39 is 0 Å². The van der Waals surface area contributed by atoms with E-state index >= 15 is 0 Å². The zero-order valence-corrected chi connectivity index (χ0v) is 14.5. The topological polar surface area (TPSA) is 52.6 Å². The van der Waals surface area contributed by atoms with E-state index in [0.29, 0.717) is 6.54 Å². The van der Waals surface area contributed by atoms with E-state index in [2.05, 4.69) is 5.32 Å². The van der Waals surface area contributed by atoms with E-state index in [9.17, 15) is 4.79 Å². The fraction of sp³-hybridized carbons (Fsp3) is 0.650. The third-order valence-corrected chi connectivity index (χ3v) is 6.52. The molecule has 4 nitrogen and oxygen atoms in total. The van der Waals surface area contributed by atoms with Crippen molar-refractivity contribution >= 4 is 17.3 Å². The van der Waals surface area contributed by atoms with E-state index in [1.54, 1.807) is 0 Å². The molecule has 4 saturated carbocycles. The molecule has 0 saturated heterocycles. The zero-order valence-electron chi connectivity index (χ0n) is 14.5. The van der Waals surface area contributed by atoms with Crippen molar-refractivity contribution in [2.75, 3.05) is 30.4 Å².